The summed E-state index contributed by atoms with van der Waals surface area (Å²) in [4.78, 5) is 12.1. The summed E-state index contributed by atoms with van der Waals surface area (Å²) in [5, 5.41) is 9.36. The molecular formula is C28H23FN6O2S. The monoisotopic (exact) mass is 526 g/mol. The third kappa shape index (κ3) is 4.61. The molecule has 0 atom stereocenters. The second-order valence-corrected chi connectivity index (χ2v) is 11.6. The Balaban J connectivity index is 1.43. The van der Waals surface area contributed by atoms with Crippen molar-refractivity contribution in [2.24, 2.45) is 0 Å². The number of sulfone groups is 1. The van der Waals surface area contributed by atoms with Gasteiger partial charge in [-0.15, -0.1) is 0 Å². The molecule has 0 unspecified atom stereocenters. The normalized spacial score (nSPS) is 11.9. The van der Waals surface area contributed by atoms with Gasteiger partial charge in [-0.2, -0.15) is 5.10 Å². The van der Waals surface area contributed by atoms with Gasteiger partial charge in [-0.25, -0.2) is 12.8 Å². The minimum absolute atomic E-state index is 0.0539. The summed E-state index contributed by atoms with van der Waals surface area (Å²) in [5.74, 6) is -0.496. The van der Waals surface area contributed by atoms with Crippen LogP contribution in [0.1, 0.15) is 5.56 Å². The molecule has 2 aromatic carbocycles. The number of anilines is 1. The molecule has 0 spiro atoms. The van der Waals surface area contributed by atoms with E-state index in [4.69, 9.17) is 5.73 Å². The Bertz CT molecular complexity index is 1940. The highest BCUT2D eigenvalue weighted by atomic mass is 32.2. The fraction of sp³-hybridized carbons (Fsp3) is 0.107. The number of hydrogen-bond acceptors (Lipinski definition) is 6. The first-order valence-electron chi connectivity index (χ1n) is 11.9. The number of fused-ring (bicyclic) bond motifs is 2. The van der Waals surface area contributed by atoms with Gasteiger partial charge in [0.05, 0.1) is 28.3 Å². The Morgan fingerprint density at radius 3 is 2.55 bits per heavy atom. The average Bonchev–Trinajstić information content (AvgIpc) is 3.50. The van der Waals surface area contributed by atoms with Gasteiger partial charge in [0.1, 0.15) is 21.3 Å². The third-order valence-corrected chi connectivity index (χ3v) is 7.40. The number of aryl methyl sites for hydroxylation is 1. The predicted octanol–water partition coefficient (Wildman–Crippen LogP) is 5.14. The lowest BCUT2D eigenvalue weighted by Crippen LogP contribution is -2.06. The molecule has 4 N–H and O–H groups in total. The van der Waals surface area contributed by atoms with Gasteiger partial charge in [-0.05, 0) is 66.1 Å². The summed E-state index contributed by atoms with van der Waals surface area (Å²) >= 11 is 0. The van der Waals surface area contributed by atoms with Crippen LogP contribution in [0.3, 0.4) is 0 Å². The van der Waals surface area contributed by atoms with E-state index in [1.54, 1.807) is 24.7 Å². The van der Waals surface area contributed by atoms with Crippen molar-refractivity contribution < 1.29 is 12.8 Å². The van der Waals surface area contributed by atoms with Crippen molar-refractivity contribution >= 4 is 37.3 Å². The van der Waals surface area contributed by atoms with E-state index in [1.165, 1.54) is 18.4 Å². The van der Waals surface area contributed by atoms with Gasteiger partial charge in [-0.3, -0.25) is 15.1 Å². The largest absolute Gasteiger partial charge is 0.397 e. The lowest BCUT2D eigenvalue weighted by Gasteiger charge is -2.07. The van der Waals surface area contributed by atoms with Gasteiger partial charge in [0.25, 0.3) is 0 Å². The molecule has 0 aliphatic carbocycles. The van der Waals surface area contributed by atoms with Gasteiger partial charge >= 0.3 is 0 Å². The molecule has 4 aromatic heterocycles. The number of rotatable bonds is 6. The minimum atomic E-state index is -3.17. The van der Waals surface area contributed by atoms with Gasteiger partial charge in [0.2, 0.25) is 0 Å². The van der Waals surface area contributed by atoms with E-state index in [0.717, 1.165) is 44.3 Å². The number of hydrogen-bond donors (Lipinski definition) is 3. The summed E-state index contributed by atoms with van der Waals surface area (Å²) < 4.78 is 37.8. The summed E-state index contributed by atoms with van der Waals surface area (Å²) in [6.45, 7) is 0. The van der Waals surface area contributed by atoms with Gasteiger partial charge in [0, 0.05) is 52.3 Å². The van der Waals surface area contributed by atoms with Crippen molar-refractivity contribution in [3.8, 4) is 33.8 Å². The molecule has 0 saturated heterocycles. The molecule has 10 heteroatoms. The number of aromatic amines is 2. The summed E-state index contributed by atoms with van der Waals surface area (Å²) in [7, 11) is -3.17. The second kappa shape index (κ2) is 9.07. The second-order valence-electron chi connectivity index (χ2n) is 9.37. The highest BCUT2D eigenvalue weighted by Gasteiger charge is 2.16. The Morgan fingerprint density at radius 1 is 0.895 bits per heavy atom. The van der Waals surface area contributed by atoms with Crippen molar-refractivity contribution in [3.63, 3.8) is 0 Å². The van der Waals surface area contributed by atoms with Crippen LogP contribution in [-0.4, -0.2) is 45.6 Å². The molecule has 6 rings (SSSR count). The number of nitrogens with two attached hydrogens (primary N) is 1. The first-order valence-corrected chi connectivity index (χ1v) is 13.9. The zero-order valence-corrected chi connectivity index (χ0v) is 21.2. The number of H-pyrrole nitrogens is 2. The molecule has 0 amide bonds. The smallest absolute Gasteiger partial charge is 0.147 e. The van der Waals surface area contributed by atoms with Gasteiger partial charge < -0.3 is 10.7 Å². The van der Waals surface area contributed by atoms with Crippen molar-refractivity contribution in [3.05, 3.63) is 84.6 Å². The Labute approximate surface area is 217 Å². The van der Waals surface area contributed by atoms with Crippen LogP contribution in [0.5, 0.6) is 0 Å². The number of benzene rings is 2. The van der Waals surface area contributed by atoms with Crippen LogP contribution in [0, 0.1) is 5.82 Å². The number of pyridine rings is 2. The van der Waals surface area contributed by atoms with Crippen molar-refractivity contribution in [2.45, 2.75) is 6.42 Å². The third-order valence-electron chi connectivity index (χ3n) is 6.45. The van der Waals surface area contributed by atoms with E-state index >= 15 is 0 Å². The molecule has 0 bridgehead atoms. The molecule has 0 saturated carbocycles. The lowest BCUT2D eigenvalue weighted by molar-refractivity contribution is 0.600. The van der Waals surface area contributed by atoms with Crippen LogP contribution in [0.15, 0.2) is 73.2 Å². The Kier molecular flexibility index (Phi) is 5.68. The molecule has 6 aromatic rings. The standard InChI is InChI=1S/C28H23FN6O2S/c1-38(36,37)7-5-16-8-18(10-20(29)9-16)27-23-13-26(33-24(23)4-6-32-27)28-22-12-17(2-3-25(22)34-35-28)19-11-21(30)15-31-14-19/h2-4,6,8-15,33H,5,7,30H2,1H3,(H,34,35). The van der Waals surface area contributed by atoms with E-state index in [0.29, 0.717) is 22.5 Å². The maximum absolute atomic E-state index is 14.5. The summed E-state index contributed by atoms with van der Waals surface area (Å²) in [6, 6.07) is 16.2. The molecule has 38 heavy (non-hydrogen) atoms. The maximum Gasteiger partial charge on any atom is 0.147 e. The highest BCUT2D eigenvalue weighted by molar-refractivity contribution is 7.90. The molecule has 0 aliphatic rings. The minimum Gasteiger partial charge on any atom is -0.397 e. The fourth-order valence-corrected chi connectivity index (χ4v) is 5.27. The predicted molar refractivity (Wildman–Crippen MR) is 148 cm³/mol. The average molecular weight is 527 g/mol. The molecule has 0 radical (unpaired) electrons. The summed E-state index contributed by atoms with van der Waals surface area (Å²) in [5.41, 5.74) is 13.3. The zero-order chi connectivity index (χ0) is 26.4. The SMILES string of the molecule is CS(=O)(=O)CCc1cc(F)cc(-c2nccc3[nH]c(-c4n[nH]c5ccc(-c6cncc(N)c6)cc45)cc23)c1. The fourth-order valence-electron chi connectivity index (χ4n) is 4.66. The number of halogens is 1. The first kappa shape index (κ1) is 23.8. The van der Waals surface area contributed by atoms with Crippen LogP contribution in [0.25, 0.3) is 55.6 Å². The van der Waals surface area contributed by atoms with Crippen molar-refractivity contribution in [1.82, 2.24) is 25.1 Å². The molecular weight excluding hydrogens is 503 g/mol. The van der Waals surface area contributed by atoms with E-state index in [2.05, 4.69) is 25.1 Å². The maximum atomic E-state index is 14.5. The van der Waals surface area contributed by atoms with Crippen LogP contribution in [0.4, 0.5) is 10.1 Å². The highest BCUT2D eigenvalue weighted by Crippen LogP contribution is 2.35. The topological polar surface area (TPSA) is 130 Å². The van der Waals surface area contributed by atoms with Gasteiger partial charge in [0.15, 0.2) is 0 Å². The number of nitrogens with zero attached hydrogens (tertiary/aromatic N) is 3. The molecule has 4 heterocycles. The number of nitrogens with one attached hydrogen (secondary N) is 2. The Morgan fingerprint density at radius 2 is 1.74 bits per heavy atom. The summed E-state index contributed by atoms with van der Waals surface area (Å²) in [6.07, 6.45) is 6.43. The van der Waals surface area contributed by atoms with Crippen molar-refractivity contribution in [2.75, 3.05) is 17.7 Å². The zero-order valence-electron chi connectivity index (χ0n) is 20.4. The van der Waals surface area contributed by atoms with Crippen LogP contribution >= 0.6 is 0 Å². The van der Waals surface area contributed by atoms with E-state index in [1.807, 2.05) is 36.4 Å². The molecule has 8 nitrogen and oxygen atoms in total. The molecule has 0 aliphatic heterocycles. The van der Waals surface area contributed by atoms with E-state index < -0.39 is 15.7 Å². The van der Waals surface area contributed by atoms with Crippen LogP contribution in [-0.2, 0) is 16.3 Å². The molecule has 190 valence electrons. The van der Waals surface area contributed by atoms with Gasteiger partial charge in [-0.1, -0.05) is 6.07 Å². The Hall–Kier alpha value is -4.57. The molecule has 0 fully saturated rings. The number of nitrogen functional groups attached to an aromatic ring is 1. The van der Waals surface area contributed by atoms with E-state index in [9.17, 15) is 12.8 Å². The van der Waals surface area contributed by atoms with Crippen LogP contribution in [0.2, 0.25) is 0 Å². The van der Waals surface area contributed by atoms with Crippen molar-refractivity contribution in [1.29, 1.82) is 0 Å². The lowest BCUT2D eigenvalue weighted by atomic mass is 10.0. The van der Waals surface area contributed by atoms with Crippen LogP contribution < -0.4 is 5.73 Å². The van der Waals surface area contributed by atoms with E-state index in [-0.39, 0.29) is 12.2 Å². The quantitative estimate of drug-likeness (QED) is 0.275. The number of aromatic nitrogens is 5. The first-order chi connectivity index (χ1) is 18.2.